The molecule has 0 spiro atoms. The molecular formula is C7H13NO4S. The Bertz CT molecular complexity index is 298. The first-order valence-electron chi connectivity index (χ1n) is 4.03. The highest BCUT2D eigenvalue weighted by Gasteiger charge is 2.31. The van der Waals surface area contributed by atoms with Gasteiger partial charge in [0.1, 0.15) is 0 Å². The first-order chi connectivity index (χ1) is 5.94. The average molecular weight is 207 g/mol. The molecule has 5 nitrogen and oxygen atoms in total. The lowest BCUT2D eigenvalue weighted by atomic mass is 10.1. The first kappa shape index (κ1) is 10.5. The predicted octanol–water partition coefficient (Wildman–Crippen LogP) is -0.513. The zero-order valence-electron chi connectivity index (χ0n) is 7.61. The largest absolute Gasteiger partial charge is 0.352 e. The van der Waals surface area contributed by atoms with Crippen LogP contribution in [0, 0.1) is 5.92 Å². The van der Waals surface area contributed by atoms with Gasteiger partial charge < -0.3 is 5.32 Å². The lowest BCUT2D eigenvalue weighted by Crippen LogP contribution is -2.32. The number of carbonyl (C=O) groups excluding carboxylic acids is 1. The monoisotopic (exact) mass is 207 g/mol. The van der Waals surface area contributed by atoms with Gasteiger partial charge in [-0.15, -0.1) is 0 Å². The number of hydrogen-bond acceptors (Lipinski definition) is 4. The summed E-state index contributed by atoms with van der Waals surface area (Å²) in [5.74, 6) is -0.326. The molecule has 1 amide bonds. The molecule has 13 heavy (non-hydrogen) atoms. The molecule has 1 saturated heterocycles. The Hall–Kier alpha value is -0.620. The van der Waals surface area contributed by atoms with Crippen molar-refractivity contribution in [3.8, 4) is 0 Å². The smallest absolute Gasteiger partial charge is 0.269 e. The SMILES string of the molecule is COS(=O)(=O)C[C@@H]1C[C@@H](C)C(=O)N1. The Morgan fingerprint density at radius 3 is 2.62 bits per heavy atom. The fourth-order valence-corrected chi connectivity index (χ4v) is 2.21. The lowest BCUT2D eigenvalue weighted by Gasteiger charge is -2.08. The van der Waals surface area contributed by atoms with Gasteiger partial charge in [0, 0.05) is 12.0 Å². The molecule has 0 aromatic carbocycles. The minimum Gasteiger partial charge on any atom is -0.352 e. The Morgan fingerprint density at radius 1 is 1.62 bits per heavy atom. The van der Waals surface area contributed by atoms with E-state index in [1.165, 1.54) is 0 Å². The summed E-state index contributed by atoms with van der Waals surface area (Å²) in [4.78, 5) is 11.0. The standard InChI is InChI=1S/C7H13NO4S/c1-5-3-6(8-7(5)9)4-13(10,11)12-2/h5-6H,3-4H2,1-2H3,(H,8,9)/t5-,6+/m1/s1. The normalized spacial score (nSPS) is 28.9. The highest BCUT2D eigenvalue weighted by molar-refractivity contribution is 7.86. The van der Waals surface area contributed by atoms with Crippen LogP contribution in [0.4, 0.5) is 0 Å². The number of rotatable bonds is 3. The lowest BCUT2D eigenvalue weighted by molar-refractivity contribution is -0.122. The molecule has 0 bridgehead atoms. The van der Waals surface area contributed by atoms with Gasteiger partial charge in [0.25, 0.3) is 10.1 Å². The van der Waals surface area contributed by atoms with Crippen LogP contribution in [0.15, 0.2) is 0 Å². The Morgan fingerprint density at radius 2 is 2.23 bits per heavy atom. The van der Waals surface area contributed by atoms with Gasteiger partial charge in [-0.1, -0.05) is 6.92 Å². The fourth-order valence-electron chi connectivity index (χ4n) is 1.36. The van der Waals surface area contributed by atoms with E-state index in [2.05, 4.69) is 9.50 Å². The van der Waals surface area contributed by atoms with Crippen LogP contribution in [-0.4, -0.2) is 33.2 Å². The van der Waals surface area contributed by atoms with Gasteiger partial charge in [-0.2, -0.15) is 8.42 Å². The van der Waals surface area contributed by atoms with E-state index in [9.17, 15) is 13.2 Å². The highest BCUT2D eigenvalue weighted by Crippen LogP contribution is 2.15. The number of nitrogens with one attached hydrogen (secondary N) is 1. The third kappa shape index (κ3) is 2.67. The van der Waals surface area contributed by atoms with Gasteiger partial charge in [-0.05, 0) is 6.42 Å². The minimum atomic E-state index is -3.46. The van der Waals surface area contributed by atoms with E-state index in [4.69, 9.17) is 0 Å². The van der Waals surface area contributed by atoms with Crippen LogP contribution in [-0.2, 0) is 19.1 Å². The first-order valence-corrected chi connectivity index (χ1v) is 5.61. The van der Waals surface area contributed by atoms with Gasteiger partial charge in [0.15, 0.2) is 0 Å². The van der Waals surface area contributed by atoms with Gasteiger partial charge >= 0.3 is 0 Å². The summed E-state index contributed by atoms with van der Waals surface area (Å²) in [6.07, 6.45) is 0.557. The van der Waals surface area contributed by atoms with Crippen LogP contribution >= 0.6 is 0 Å². The minimum absolute atomic E-state index is 0.0868. The van der Waals surface area contributed by atoms with E-state index in [0.717, 1.165) is 7.11 Å². The van der Waals surface area contributed by atoms with Gasteiger partial charge in [0.2, 0.25) is 5.91 Å². The summed E-state index contributed by atoms with van der Waals surface area (Å²) in [5, 5.41) is 2.60. The van der Waals surface area contributed by atoms with E-state index < -0.39 is 10.1 Å². The second-order valence-corrected chi connectivity index (χ2v) is 5.02. The second-order valence-electron chi connectivity index (χ2n) is 3.23. The molecule has 6 heteroatoms. The van der Waals surface area contributed by atoms with Crippen LogP contribution in [0.25, 0.3) is 0 Å². The van der Waals surface area contributed by atoms with E-state index >= 15 is 0 Å². The zero-order valence-corrected chi connectivity index (χ0v) is 8.43. The maximum atomic E-state index is 11.0. The van der Waals surface area contributed by atoms with Crippen LogP contribution in [0.3, 0.4) is 0 Å². The van der Waals surface area contributed by atoms with E-state index in [1.807, 2.05) is 0 Å². The Kier molecular flexibility index (Phi) is 2.92. The zero-order chi connectivity index (χ0) is 10.1. The number of amides is 1. The molecule has 0 saturated carbocycles. The van der Waals surface area contributed by atoms with Crippen molar-refractivity contribution < 1.29 is 17.4 Å². The molecule has 1 N–H and O–H groups in total. The van der Waals surface area contributed by atoms with Gasteiger partial charge in [-0.3, -0.25) is 8.98 Å². The van der Waals surface area contributed by atoms with Crippen molar-refractivity contribution in [2.75, 3.05) is 12.9 Å². The third-order valence-corrected chi connectivity index (χ3v) is 3.41. The van der Waals surface area contributed by atoms with Gasteiger partial charge in [0.05, 0.1) is 12.9 Å². The molecule has 1 aliphatic rings. The molecule has 76 valence electrons. The molecule has 0 unspecified atom stereocenters. The molecule has 2 atom stereocenters. The maximum absolute atomic E-state index is 11.0. The van der Waals surface area contributed by atoms with Crippen molar-refractivity contribution in [3.05, 3.63) is 0 Å². The molecule has 1 heterocycles. The van der Waals surface area contributed by atoms with Crippen molar-refractivity contribution in [3.63, 3.8) is 0 Å². The molecule has 0 aromatic heterocycles. The molecule has 1 rings (SSSR count). The van der Waals surface area contributed by atoms with E-state index in [-0.39, 0.29) is 23.6 Å². The van der Waals surface area contributed by atoms with Gasteiger partial charge in [-0.25, -0.2) is 0 Å². The third-order valence-electron chi connectivity index (χ3n) is 2.09. The topological polar surface area (TPSA) is 72.5 Å². The molecule has 0 aromatic rings. The number of hydrogen-bond donors (Lipinski definition) is 1. The Labute approximate surface area is 77.6 Å². The molecule has 1 aliphatic heterocycles. The summed E-state index contributed by atoms with van der Waals surface area (Å²) < 4.78 is 26.3. The summed E-state index contributed by atoms with van der Waals surface area (Å²) >= 11 is 0. The second kappa shape index (κ2) is 3.63. The van der Waals surface area contributed by atoms with Crippen molar-refractivity contribution >= 4 is 16.0 Å². The van der Waals surface area contributed by atoms with Crippen molar-refractivity contribution in [1.29, 1.82) is 0 Å². The van der Waals surface area contributed by atoms with Crippen molar-refractivity contribution in [1.82, 2.24) is 5.32 Å². The van der Waals surface area contributed by atoms with Crippen molar-refractivity contribution in [2.24, 2.45) is 5.92 Å². The molecule has 1 fully saturated rings. The van der Waals surface area contributed by atoms with Crippen LogP contribution in [0.1, 0.15) is 13.3 Å². The van der Waals surface area contributed by atoms with Crippen LogP contribution in [0.2, 0.25) is 0 Å². The highest BCUT2D eigenvalue weighted by atomic mass is 32.2. The summed E-state index contributed by atoms with van der Waals surface area (Å²) in [6, 6.07) is -0.299. The van der Waals surface area contributed by atoms with Crippen LogP contribution in [0.5, 0.6) is 0 Å². The van der Waals surface area contributed by atoms with Crippen molar-refractivity contribution in [2.45, 2.75) is 19.4 Å². The summed E-state index contributed by atoms with van der Waals surface area (Å²) in [7, 11) is -2.34. The van der Waals surface area contributed by atoms with E-state index in [1.54, 1.807) is 6.92 Å². The molecular weight excluding hydrogens is 194 g/mol. The van der Waals surface area contributed by atoms with E-state index in [0.29, 0.717) is 6.42 Å². The predicted molar refractivity (Wildman–Crippen MR) is 46.5 cm³/mol. The summed E-state index contributed by atoms with van der Waals surface area (Å²) in [6.45, 7) is 1.77. The van der Waals surface area contributed by atoms with Crippen LogP contribution < -0.4 is 5.32 Å². The fraction of sp³-hybridized carbons (Fsp3) is 0.857. The average Bonchev–Trinajstić information content (AvgIpc) is 2.30. The Balaban J connectivity index is 2.54. The maximum Gasteiger partial charge on any atom is 0.269 e. The summed E-state index contributed by atoms with van der Waals surface area (Å²) in [5.41, 5.74) is 0. The number of carbonyl (C=O) groups is 1. The molecule has 0 radical (unpaired) electrons. The quantitative estimate of drug-likeness (QED) is 0.632. The molecule has 0 aliphatic carbocycles.